The maximum Gasteiger partial charge on any atom is 0.284 e. The molecule has 16 heavy (non-hydrogen) atoms. The van der Waals surface area contributed by atoms with Gasteiger partial charge in [-0.15, -0.1) is 11.3 Å². The highest BCUT2D eigenvalue weighted by Gasteiger charge is 2.10. The molecule has 0 aliphatic carbocycles. The van der Waals surface area contributed by atoms with E-state index in [9.17, 15) is 4.79 Å². The average molecular weight is 275 g/mol. The van der Waals surface area contributed by atoms with Crippen LogP contribution in [0.3, 0.4) is 0 Å². The first kappa shape index (κ1) is 11.3. The molecular weight excluding hydrogens is 271 g/mol. The number of aromatic nitrogens is 3. The first-order valence-electron chi connectivity index (χ1n) is 4.05. The van der Waals surface area contributed by atoms with Gasteiger partial charge in [0.05, 0.1) is 18.1 Å². The van der Waals surface area contributed by atoms with Crippen molar-refractivity contribution in [3.8, 4) is 0 Å². The minimum absolute atomic E-state index is 0.121. The van der Waals surface area contributed by atoms with Crippen LogP contribution in [0.4, 0.5) is 5.69 Å². The fraction of sp³-hybridized carbons (Fsp3) is 0. The number of rotatable bonds is 2. The number of thiazole rings is 1. The molecule has 0 saturated carbocycles. The van der Waals surface area contributed by atoms with Crippen molar-refractivity contribution in [2.75, 3.05) is 5.32 Å². The minimum Gasteiger partial charge on any atom is -0.317 e. The van der Waals surface area contributed by atoms with Gasteiger partial charge in [0.15, 0.2) is 5.01 Å². The van der Waals surface area contributed by atoms with Crippen LogP contribution in [-0.2, 0) is 0 Å². The Labute approximate surface area is 104 Å². The molecule has 0 aromatic carbocycles. The number of amides is 1. The molecule has 1 amide bonds. The van der Waals surface area contributed by atoms with Gasteiger partial charge in [-0.25, -0.2) is 15.0 Å². The van der Waals surface area contributed by atoms with Gasteiger partial charge in [0.2, 0.25) is 5.28 Å². The largest absolute Gasteiger partial charge is 0.317 e. The van der Waals surface area contributed by atoms with Crippen molar-refractivity contribution in [3.63, 3.8) is 0 Å². The van der Waals surface area contributed by atoms with Crippen molar-refractivity contribution < 1.29 is 4.79 Å². The Hall–Kier alpha value is -1.24. The lowest BCUT2D eigenvalue weighted by Crippen LogP contribution is -2.11. The second-order valence-corrected chi connectivity index (χ2v) is 4.25. The van der Waals surface area contributed by atoms with Gasteiger partial charge >= 0.3 is 0 Å². The molecule has 0 bridgehead atoms. The smallest absolute Gasteiger partial charge is 0.284 e. The van der Waals surface area contributed by atoms with Crippen molar-refractivity contribution in [1.82, 2.24) is 15.0 Å². The Morgan fingerprint density at radius 2 is 2.00 bits per heavy atom. The SMILES string of the molecule is O=C(Nc1cnc(Cl)nc1)c1nc(Cl)cs1. The lowest BCUT2D eigenvalue weighted by molar-refractivity contribution is 0.102. The molecule has 0 aliphatic rings. The Morgan fingerprint density at radius 1 is 1.31 bits per heavy atom. The van der Waals surface area contributed by atoms with E-state index >= 15 is 0 Å². The zero-order chi connectivity index (χ0) is 11.5. The second-order valence-electron chi connectivity index (χ2n) is 2.67. The molecule has 2 heterocycles. The Balaban J connectivity index is 2.10. The van der Waals surface area contributed by atoms with Gasteiger partial charge < -0.3 is 5.32 Å². The van der Waals surface area contributed by atoms with Crippen LogP contribution in [0.5, 0.6) is 0 Å². The van der Waals surface area contributed by atoms with Crippen LogP contribution in [0.15, 0.2) is 17.8 Å². The van der Waals surface area contributed by atoms with Gasteiger partial charge in [-0.3, -0.25) is 4.79 Å². The van der Waals surface area contributed by atoms with E-state index in [1.54, 1.807) is 5.38 Å². The molecule has 0 radical (unpaired) electrons. The summed E-state index contributed by atoms with van der Waals surface area (Å²) in [5, 5.41) is 4.84. The number of nitrogens with zero attached hydrogens (tertiary/aromatic N) is 3. The monoisotopic (exact) mass is 274 g/mol. The average Bonchev–Trinajstić information content (AvgIpc) is 2.68. The van der Waals surface area contributed by atoms with Crippen LogP contribution in [0.1, 0.15) is 9.80 Å². The van der Waals surface area contributed by atoms with E-state index in [4.69, 9.17) is 23.2 Å². The van der Waals surface area contributed by atoms with Crippen molar-refractivity contribution in [2.45, 2.75) is 0 Å². The fourth-order valence-corrected chi connectivity index (χ4v) is 1.86. The number of hydrogen-bond acceptors (Lipinski definition) is 5. The predicted octanol–water partition coefficient (Wildman–Crippen LogP) is 2.49. The maximum absolute atomic E-state index is 11.6. The zero-order valence-electron chi connectivity index (χ0n) is 7.65. The lowest BCUT2D eigenvalue weighted by atomic mass is 10.5. The molecule has 0 fully saturated rings. The van der Waals surface area contributed by atoms with Gasteiger partial charge in [0.1, 0.15) is 5.15 Å². The van der Waals surface area contributed by atoms with Crippen LogP contribution < -0.4 is 5.32 Å². The molecule has 2 aromatic heterocycles. The van der Waals surface area contributed by atoms with Crippen molar-refractivity contribution in [2.24, 2.45) is 0 Å². The summed E-state index contributed by atoms with van der Waals surface area (Å²) < 4.78 is 0. The lowest BCUT2D eigenvalue weighted by Gasteiger charge is -2.00. The van der Waals surface area contributed by atoms with Gasteiger partial charge in [-0.2, -0.15) is 0 Å². The summed E-state index contributed by atoms with van der Waals surface area (Å²) in [7, 11) is 0. The van der Waals surface area contributed by atoms with E-state index in [1.165, 1.54) is 12.4 Å². The van der Waals surface area contributed by atoms with E-state index in [1.807, 2.05) is 0 Å². The Kier molecular flexibility index (Phi) is 3.33. The van der Waals surface area contributed by atoms with Crippen molar-refractivity contribution in [3.05, 3.63) is 33.2 Å². The Bertz CT molecular complexity index is 513. The molecule has 2 aromatic rings. The van der Waals surface area contributed by atoms with Crippen LogP contribution in [-0.4, -0.2) is 20.9 Å². The summed E-state index contributed by atoms with van der Waals surface area (Å²) in [6, 6.07) is 0. The van der Waals surface area contributed by atoms with E-state index in [2.05, 4.69) is 20.3 Å². The molecular formula is C8H4Cl2N4OS. The van der Waals surface area contributed by atoms with Gasteiger partial charge in [0.25, 0.3) is 5.91 Å². The summed E-state index contributed by atoms with van der Waals surface area (Å²) in [4.78, 5) is 22.9. The molecule has 0 atom stereocenters. The highest BCUT2D eigenvalue weighted by molar-refractivity contribution is 7.12. The normalized spacial score (nSPS) is 10.1. The van der Waals surface area contributed by atoms with Crippen LogP contribution in [0.25, 0.3) is 0 Å². The first-order valence-corrected chi connectivity index (χ1v) is 5.68. The molecule has 1 N–H and O–H groups in total. The summed E-state index contributed by atoms with van der Waals surface area (Å²) in [6.45, 7) is 0. The molecule has 2 rings (SSSR count). The summed E-state index contributed by atoms with van der Waals surface area (Å²) in [6.07, 6.45) is 2.81. The van der Waals surface area contributed by atoms with Crippen LogP contribution in [0.2, 0.25) is 10.4 Å². The number of halogens is 2. The maximum atomic E-state index is 11.6. The first-order chi connectivity index (χ1) is 7.65. The van der Waals surface area contributed by atoms with E-state index in [-0.39, 0.29) is 16.2 Å². The number of hydrogen-bond donors (Lipinski definition) is 1. The predicted molar refractivity (Wildman–Crippen MR) is 62.1 cm³/mol. The fourth-order valence-electron chi connectivity index (χ4n) is 0.920. The topological polar surface area (TPSA) is 67.8 Å². The minimum atomic E-state index is -0.358. The Morgan fingerprint density at radius 3 is 2.56 bits per heavy atom. The highest BCUT2D eigenvalue weighted by Crippen LogP contribution is 2.15. The molecule has 0 saturated heterocycles. The summed E-state index contributed by atoms with van der Waals surface area (Å²) in [5.41, 5.74) is 0.445. The summed E-state index contributed by atoms with van der Waals surface area (Å²) >= 11 is 12.3. The standard InChI is InChI=1S/C8H4Cl2N4OS/c9-5-3-16-7(14-5)6(15)13-4-1-11-8(10)12-2-4/h1-3H,(H,13,15). The number of anilines is 1. The molecule has 8 heteroatoms. The molecule has 0 aliphatic heterocycles. The third-order valence-corrected chi connectivity index (χ3v) is 2.91. The molecule has 0 spiro atoms. The van der Waals surface area contributed by atoms with E-state index < -0.39 is 0 Å². The van der Waals surface area contributed by atoms with E-state index in [0.717, 1.165) is 11.3 Å². The number of carbonyl (C=O) groups excluding carboxylic acids is 1. The van der Waals surface area contributed by atoms with Crippen molar-refractivity contribution >= 4 is 46.1 Å². The third-order valence-electron chi connectivity index (χ3n) is 1.55. The second kappa shape index (κ2) is 4.73. The van der Waals surface area contributed by atoms with E-state index in [0.29, 0.717) is 10.8 Å². The van der Waals surface area contributed by atoms with Crippen molar-refractivity contribution in [1.29, 1.82) is 0 Å². The zero-order valence-corrected chi connectivity index (χ0v) is 9.97. The molecule has 5 nitrogen and oxygen atoms in total. The number of carbonyl (C=O) groups is 1. The quantitative estimate of drug-likeness (QED) is 0.855. The van der Waals surface area contributed by atoms with Gasteiger partial charge in [-0.05, 0) is 11.6 Å². The highest BCUT2D eigenvalue weighted by atomic mass is 35.5. The number of nitrogens with one attached hydrogen (secondary N) is 1. The molecule has 82 valence electrons. The van der Waals surface area contributed by atoms with Crippen LogP contribution >= 0.6 is 34.5 Å². The van der Waals surface area contributed by atoms with Gasteiger partial charge in [-0.1, -0.05) is 11.6 Å². The summed E-state index contributed by atoms with van der Waals surface area (Å²) in [5.74, 6) is -0.358. The van der Waals surface area contributed by atoms with Gasteiger partial charge in [0, 0.05) is 5.38 Å². The molecule has 0 unspecified atom stereocenters. The van der Waals surface area contributed by atoms with Crippen LogP contribution in [0, 0.1) is 0 Å². The third kappa shape index (κ3) is 2.66.